The van der Waals surface area contributed by atoms with Crippen LogP contribution in [0.25, 0.3) is 0 Å². The van der Waals surface area contributed by atoms with E-state index in [1.807, 2.05) is 0 Å². The highest BCUT2D eigenvalue weighted by Crippen LogP contribution is 2.52. The predicted molar refractivity (Wildman–Crippen MR) is 96.9 cm³/mol. The molecule has 0 aliphatic heterocycles. The van der Waals surface area contributed by atoms with Gasteiger partial charge >= 0.3 is 7.60 Å². The van der Waals surface area contributed by atoms with E-state index in [1.54, 1.807) is 32.9 Å². The Morgan fingerprint density at radius 3 is 1.96 bits per heavy atom. The summed E-state index contributed by atoms with van der Waals surface area (Å²) in [6.45, 7) is 4.10. The summed E-state index contributed by atoms with van der Waals surface area (Å²) >= 11 is 0. The molecule has 1 unspecified atom stereocenters. The van der Waals surface area contributed by atoms with Crippen LogP contribution in [0.2, 0.25) is 0 Å². The summed E-state index contributed by atoms with van der Waals surface area (Å²) in [7, 11) is -12.0. The molecule has 1 atom stereocenters. The van der Waals surface area contributed by atoms with Gasteiger partial charge in [-0.15, -0.1) is 0 Å². The van der Waals surface area contributed by atoms with Crippen LogP contribution in [-0.2, 0) is 37.9 Å². The predicted octanol–water partition coefficient (Wildman–Crippen LogP) is 1.84. The summed E-state index contributed by atoms with van der Waals surface area (Å²) in [5.74, 6) is -1.54. The van der Waals surface area contributed by atoms with Crippen molar-refractivity contribution < 1.29 is 34.6 Å². The Hall–Kier alpha value is -0.810. The third kappa shape index (κ3) is 7.07. The van der Waals surface area contributed by atoms with Crippen molar-refractivity contribution in [1.82, 2.24) is 4.72 Å². The number of nitrogens with one attached hydrogen (secondary N) is 1. The Morgan fingerprint density at radius 2 is 1.54 bits per heavy atom. The molecule has 0 heterocycles. The fourth-order valence-corrected chi connectivity index (χ4v) is 5.80. The molecule has 150 valence electrons. The number of rotatable bonds is 11. The van der Waals surface area contributed by atoms with Gasteiger partial charge in [-0.1, -0.05) is 17.7 Å². The van der Waals surface area contributed by atoms with E-state index >= 15 is 0 Å². The third-order valence-corrected chi connectivity index (χ3v) is 7.57. The van der Waals surface area contributed by atoms with Gasteiger partial charge in [0.2, 0.25) is 10.0 Å². The van der Waals surface area contributed by atoms with Crippen LogP contribution in [0.5, 0.6) is 0 Å². The van der Waals surface area contributed by atoms with Crippen molar-refractivity contribution in [2.24, 2.45) is 0 Å². The van der Waals surface area contributed by atoms with Crippen LogP contribution in [0, 0.1) is 6.92 Å². The molecule has 1 aromatic rings. The first-order valence-electron chi connectivity index (χ1n) is 7.75. The molecule has 0 radical (unpaired) electrons. The van der Waals surface area contributed by atoms with E-state index in [9.17, 15) is 21.4 Å². The van der Waals surface area contributed by atoms with E-state index in [-0.39, 0.29) is 18.1 Å². The Labute approximate surface area is 154 Å². The lowest BCUT2D eigenvalue weighted by Gasteiger charge is -2.26. The topological polar surface area (TPSA) is 125 Å². The zero-order valence-corrected chi connectivity index (χ0v) is 17.6. The van der Waals surface area contributed by atoms with Gasteiger partial charge in [0.25, 0.3) is 10.1 Å². The SMILES string of the molecule is CCOP(=O)(OCC)C(COS(C)(=O)=O)NS(=O)(=O)c1ccc(C)cc1. The molecule has 1 aromatic carbocycles. The van der Waals surface area contributed by atoms with E-state index in [1.165, 1.54) is 12.1 Å². The summed E-state index contributed by atoms with van der Waals surface area (Å²) in [6, 6.07) is 5.94. The van der Waals surface area contributed by atoms with E-state index in [0.717, 1.165) is 11.8 Å². The Balaban J connectivity index is 3.22. The van der Waals surface area contributed by atoms with Gasteiger partial charge in [0, 0.05) is 0 Å². The average molecular weight is 429 g/mol. The molecule has 1 rings (SSSR count). The fourth-order valence-electron chi connectivity index (χ4n) is 1.92. The lowest BCUT2D eigenvalue weighted by atomic mass is 10.2. The lowest BCUT2D eigenvalue weighted by molar-refractivity contribution is 0.197. The van der Waals surface area contributed by atoms with Gasteiger partial charge in [-0.2, -0.15) is 13.1 Å². The number of benzene rings is 1. The normalized spacial score (nSPS) is 14.3. The van der Waals surface area contributed by atoms with Crippen LogP contribution >= 0.6 is 7.60 Å². The summed E-state index contributed by atoms with van der Waals surface area (Å²) < 4.78 is 77.8. The third-order valence-electron chi connectivity index (χ3n) is 3.06. The molecular formula is C14H24NO8PS2. The van der Waals surface area contributed by atoms with Gasteiger partial charge in [0.1, 0.15) is 5.78 Å². The van der Waals surface area contributed by atoms with E-state index < -0.39 is 40.1 Å². The summed E-state index contributed by atoms with van der Waals surface area (Å²) in [4.78, 5) is -0.0768. The molecule has 26 heavy (non-hydrogen) atoms. The van der Waals surface area contributed by atoms with Gasteiger partial charge in [-0.3, -0.25) is 8.75 Å². The average Bonchev–Trinajstić information content (AvgIpc) is 2.51. The number of aryl methyl sites for hydroxylation is 1. The molecule has 0 aromatic heterocycles. The highest BCUT2D eigenvalue weighted by atomic mass is 32.2. The molecular weight excluding hydrogens is 405 g/mol. The lowest BCUT2D eigenvalue weighted by Crippen LogP contribution is -2.39. The van der Waals surface area contributed by atoms with Crippen LogP contribution in [0.1, 0.15) is 19.4 Å². The minimum Gasteiger partial charge on any atom is -0.308 e. The zero-order chi connectivity index (χ0) is 20.0. The van der Waals surface area contributed by atoms with E-state index in [2.05, 4.69) is 8.91 Å². The maximum atomic E-state index is 12.9. The second-order valence-electron chi connectivity index (χ2n) is 5.31. The molecule has 0 aliphatic carbocycles. The van der Waals surface area contributed by atoms with Crippen molar-refractivity contribution in [2.45, 2.75) is 31.4 Å². The summed E-state index contributed by atoms with van der Waals surface area (Å²) in [6.07, 6.45) is 0.796. The zero-order valence-electron chi connectivity index (χ0n) is 15.0. The Bertz CT molecular complexity index is 826. The Kier molecular flexibility index (Phi) is 8.40. The van der Waals surface area contributed by atoms with Crippen molar-refractivity contribution in [3.05, 3.63) is 29.8 Å². The quantitative estimate of drug-likeness (QED) is 0.417. The van der Waals surface area contributed by atoms with Crippen LogP contribution < -0.4 is 4.72 Å². The second-order valence-corrected chi connectivity index (χ2v) is 10.9. The van der Waals surface area contributed by atoms with Crippen molar-refractivity contribution in [3.8, 4) is 0 Å². The maximum Gasteiger partial charge on any atom is 0.350 e. The summed E-state index contributed by atoms with van der Waals surface area (Å²) in [5.41, 5.74) is 0.857. The number of hydrogen-bond donors (Lipinski definition) is 1. The molecule has 0 saturated carbocycles. The molecule has 0 aliphatic rings. The van der Waals surface area contributed by atoms with E-state index in [4.69, 9.17) is 9.05 Å². The first-order chi connectivity index (χ1) is 11.9. The van der Waals surface area contributed by atoms with Gasteiger partial charge < -0.3 is 9.05 Å². The smallest absolute Gasteiger partial charge is 0.308 e. The molecule has 0 bridgehead atoms. The van der Waals surface area contributed by atoms with Crippen LogP contribution in [0.4, 0.5) is 0 Å². The van der Waals surface area contributed by atoms with Crippen LogP contribution in [0.3, 0.4) is 0 Å². The highest BCUT2D eigenvalue weighted by Gasteiger charge is 2.39. The van der Waals surface area contributed by atoms with Crippen molar-refractivity contribution in [1.29, 1.82) is 0 Å². The Morgan fingerprint density at radius 1 is 1.04 bits per heavy atom. The minimum atomic E-state index is -4.12. The first-order valence-corrected chi connectivity index (χ1v) is 12.7. The first kappa shape index (κ1) is 23.2. The number of sulfonamides is 1. The molecule has 0 amide bonds. The van der Waals surface area contributed by atoms with Gasteiger partial charge in [-0.25, -0.2) is 8.42 Å². The summed E-state index contributed by atoms with van der Waals surface area (Å²) in [5, 5.41) is 0. The monoisotopic (exact) mass is 429 g/mol. The highest BCUT2D eigenvalue weighted by molar-refractivity contribution is 7.90. The largest absolute Gasteiger partial charge is 0.350 e. The van der Waals surface area contributed by atoms with Gasteiger partial charge in [0.05, 0.1) is 31.0 Å². The maximum absolute atomic E-state index is 12.9. The molecule has 12 heteroatoms. The molecule has 1 N–H and O–H groups in total. The molecule has 0 saturated heterocycles. The van der Waals surface area contributed by atoms with Crippen molar-refractivity contribution in [3.63, 3.8) is 0 Å². The van der Waals surface area contributed by atoms with Crippen molar-refractivity contribution in [2.75, 3.05) is 26.1 Å². The molecule has 0 fully saturated rings. The van der Waals surface area contributed by atoms with Crippen LogP contribution in [-0.4, -0.2) is 48.7 Å². The van der Waals surface area contributed by atoms with Crippen LogP contribution in [0.15, 0.2) is 29.2 Å². The standard InChI is InChI=1S/C14H24NO8PS2/c1-5-21-24(16,22-6-2)14(11-23-25(4,17)18)15-26(19,20)13-9-7-12(3)8-10-13/h7-10,14-15H,5-6,11H2,1-4H3. The minimum absolute atomic E-state index is 0.0289. The molecule has 9 nitrogen and oxygen atoms in total. The fraction of sp³-hybridized carbons (Fsp3) is 0.571. The van der Waals surface area contributed by atoms with Gasteiger partial charge in [-0.05, 0) is 32.9 Å². The van der Waals surface area contributed by atoms with Crippen molar-refractivity contribution >= 4 is 27.7 Å². The number of hydrogen-bond acceptors (Lipinski definition) is 8. The van der Waals surface area contributed by atoms with Gasteiger partial charge in [0.15, 0.2) is 0 Å². The second kappa shape index (κ2) is 9.41. The molecule has 0 spiro atoms. The van der Waals surface area contributed by atoms with E-state index in [0.29, 0.717) is 0 Å².